The highest BCUT2D eigenvalue weighted by Crippen LogP contribution is 2.07. The lowest BCUT2D eigenvalue weighted by Gasteiger charge is -2.01. The lowest BCUT2D eigenvalue weighted by molar-refractivity contribution is -0.261. The standard InChI is InChI=1S/C8H8O5/c9-8(12-10)6-11-13-7-4-2-1-3-5-7/h1-5,10H,6H2. The Hall–Kier alpha value is -1.59. The molecule has 0 spiro atoms. The van der Waals surface area contributed by atoms with Crippen molar-refractivity contribution in [3.8, 4) is 5.75 Å². The van der Waals surface area contributed by atoms with Gasteiger partial charge in [-0.3, -0.25) is 4.89 Å². The molecule has 1 aromatic rings. The Bertz CT molecular complexity index is 258. The molecule has 0 heterocycles. The molecule has 0 aromatic heterocycles. The molecule has 0 radical (unpaired) electrons. The van der Waals surface area contributed by atoms with Crippen LogP contribution in [-0.4, -0.2) is 17.8 Å². The molecular formula is C8H8O5. The SMILES string of the molecule is O=C(COOc1ccccc1)OO. The van der Waals surface area contributed by atoms with Crippen molar-refractivity contribution in [2.24, 2.45) is 0 Å². The second-order valence-corrected chi connectivity index (χ2v) is 2.12. The number of para-hydroxylation sites is 1. The van der Waals surface area contributed by atoms with Gasteiger partial charge < -0.3 is 4.89 Å². The van der Waals surface area contributed by atoms with Crippen molar-refractivity contribution in [3.05, 3.63) is 30.3 Å². The molecule has 5 nitrogen and oxygen atoms in total. The molecule has 0 unspecified atom stereocenters. The summed E-state index contributed by atoms with van der Waals surface area (Å²) in [5.74, 6) is -0.454. The van der Waals surface area contributed by atoms with Gasteiger partial charge in [-0.15, -0.1) is 0 Å². The molecule has 70 valence electrons. The predicted molar refractivity (Wildman–Crippen MR) is 41.7 cm³/mol. The fourth-order valence-corrected chi connectivity index (χ4v) is 0.648. The third-order valence-electron chi connectivity index (χ3n) is 1.18. The van der Waals surface area contributed by atoms with E-state index in [-0.39, 0.29) is 0 Å². The molecule has 1 aromatic carbocycles. The van der Waals surface area contributed by atoms with Gasteiger partial charge >= 0.3 is 5.97 Å². The molecule has 0 saturated carbocycles. The average molecular weight is 184 g/mol. The largest absolute Gasteiger partial charge is 0.371 e. The van der Waals surface area contributed by atoms with Crippen LogP contribution in [0.2, 0.25) is 0 Å². The van der Waals surface area contributed by atoms with E-state index in [1.165, 1.54) is 0 Å². The number of rotatable bonds is 4. The second-order valence-electron chi connectivity index (χ2n) is 2.12. The van der Waals surface area contributed by atoms with E-state index in [1.54, 1.807) is 24.3 Å². The van der Waals surface area contributed by atoms with Crippen LogP contribution >= 0.6 is 0 Å². The van der Waals surface area contributed by atoms with Crippen molar-refractivity contribution in [3.63, 3.8) is 0 Å². The van der Waals surface area contributed by atoms with Crippen molar-refractivity contribution < 1.29 is 24.7 Å². The Morgan fingerprint density at radius 2 is 2.00 bits per heavy atom. The number of benzene rings is 1. The summed E-state index contributed by atoms with van der Waals surface area (Å²) in [5, 5.41) is 7.85. The molecule has 0 atom stereocenters. The Labute approximate surface area is 74.3 Å². The van der Waals surface area contributed by atoms with E-state index in [9.17, 15) is 4.79 Å². The van der Waals surface area contributed by atoms with Crippen LogP contribution in [0.4, 0.5) is 0 Å². The zero-order valence-electron chi connectivity index (χ0n) is 6.67. The Morgan fingerprint density at radius 1 is 1.31 bits per heavy atom. The Morgan fingerprint density at radius 3 is 2.62 bits per heavy atom. The minimum absolute atomic E-state index is 0.466. The van der Waals surface area contributed by atoms with E-state index >= 15 is 0 Å². The molecule has 0 aliphatic rings. The number of hydrogen-bond acceptors (Lipinski definition) is 5. The first-order valence-electron chi connectivity index (χ1n) is 3.51. The number of carbonyl (C=O) groups excluding carboxylic acids is 1. The molecule has 5 heteroatoms. The first-order chi connectivity index (χ1) is 6.33. The molecule has 0 amide bonds. The number of hydrogen-bond donors (Lipinski definition) is 1. The van der Waals surface area contributed by atoms with Crippen molar-refractivity contribution in [1.82, 2.24) is 0 Å². The molecule has 1 rings (SSSR count). The van der Waals surface area contributed by atoms with Crippen LogP contribution < -0.4 is 4.89 Å². The van der Waals surface area contributed by atoms with Gasteiger partial charge in [0.2, 0.25) is 0 Å². The predicted octanol–water partition coefficient (Wildman–Crippen LogP) is 1.01. The van der Waals surface area contributed by atoms with Gasteiger partial charge in [0.1, 0.15) is 0 Å². The van der Waals surface area contributed by atoms with Crippen LogP contribution in [0.15, 0.2) is 30.3 Å². The lowest BCUT2D eigenvalue weighted by atomic mass is 10.3. The van der Waals surface area contributed by atoms with Crippen molar-refractivity contribution in [2.45, 2.75) is 0 Å². The third kappa shape index (κ3) is 3.55. The summed E-state index contributed by atoms with van der Waals surface area (Å²) in [6.07, 6.45) is 0. The van der Waals surface area contributed by atoms with Gasteiger partial charge in [0.15, 0.2) is 12.4 Å². The fourth-order valence-electron chi connectivity index (χ4n) is 0.648. The smallest absolute Gasteiger partial charge is 0.337 e. The molecule has 13 heavy (non-hydrogen) atoms. The van der Waals surface area contributed by atoms with E-state index in [1.807, 2.05) is 6.07 Å². The highest BCUT2D eigenvalue weighted by atomic mass is 17.2. The molecule has 0 fully saturated rings. The van der Waals surface area contributed by atoms with E-state index in [4.69, 9.17) is 5.26 Å². The summed E-state index contributed by atoms with van der Waals surface area (Å²) in [6, 6.07) is 8.63. The average Bonchev–Trinajstić information content (AvgIpc) is 2.19. The first kappa shape index (κ1) is 9.50. The maximum atomic E-state index is 10.3. The maximum Gasteiger partial charge on any atom is 0.371 e. The summed E-state index contributed by atoms with van der Waals surface area (Å²) in [7, 11) is 0. The van der Waals surface area contributed by atoms with Crippen LogP contribution in [0.3, 0.4) is 0 Å². The van der Waals surface area contributed by atoms with Gasteiger partial charge in [-0.05, 0) is 12.1 Å². The number of carbonyl (C=O) groups is 1. The zero-order valence-corrected chi connectivity index (χ0v) is 6.67. The summed E-state index contributed by atoms with van der Waals surface area (Å²) < 4.78 is 0. The normalized spacial score (nSPS) is 9.31. The molecule has 0 saturated heterocycles. The van der Waals surface area contributed by atoms with Crippen LogP contribution in [0.1, 0.15) is 0 Å². The van der Waals surface area contributed by atoms with Crippen LogP contribution in [0.25, 0.3) is 0 Å². The monoisotopic (exact) mass is 184 g/mol. The van der Waals surface area contributed by atoms with E-state index in [0.717, 1.165) is 0 Å². The van der Waals surface area contributed by atoms with Gasteiger partial charge in [-0.2, -0.15) is 10.1 Å². The highest BCUT2D eigenvalue weighted by molar-refractivity contribution is 5.69. The summed E-state index contributed by atoms with van der Waals surface area (Å²) >= 11 is 0. The van der Waals surface area contributed by atoms with Crippen molar-refractivity contribution >= 4 is 5.97 Å². The van der Waals surface area contributed by atoms with Crippen molar-refractivity contribution in [2.75, 3.05) is 6.61 Å². The van der Waals surface area contributed by atoms with Gasteiger partial charge in [-0.1, -0.05) is 18.2 Å². The van der Waals surface area contributed by atoms with Gasteiger partial charge in [0, 0.05) is 0 Å². The maximum absolute atomic E-state index is 10.3. The van der Waals surface area contributed by atoms with E-state index in [0.29, 0.717) is 5.75 Å². The second kappa shape index (κ2) is 5.13. The molecule has 0 bridgehead atoms. The van der Waals surface area contributed by atoms with Crippen LogP contribution in [0, 0.1) is 0 Å². The molecular weight excluding hydrogens is 176 g/mol. The summed E-state index contributed by atoms with van der Waals surface area (Å²) in [5.41, 5.74) is 0. The van der Waals surface area contributed by atoms with E-state index in [2.05, 4.69) is 14.7 Å². The van der Waals surface area contributed by atoms with Crippen LogP contribution in [0.5, 0.6) is 5.75 Å². The topological polar surface area (TPSA) is 65.0 Å². The third-order valence-corrected chi connectivity index (χ3v) is 1.18. The minimum atomic E-state index is -0.920. The Balaban J connectivity index is 2.24. The zero-order chi connectivity index (χ0) is 9.52. The summed E-state index contributed by atoms with van der Waals surface area (Å²) in [6.45, 7) is -0.467. The van der Waals surface area contributed by atoms with Gasteiger partial charge in [0.05, 0.1) is 0 Å². The molecule has 0 aliphatic heterocycles. The fraction of sp³-hybridized carbons (Fsp3) is 0.125. The lowest BCUT2D eigenvalue weighted by Crippen LogP contribution is -2.12. The molecule has 1 N–H and O–H groups in total. The van der Waals surface area contributed by atoms with Crippen LogP contribution in [-0.2, 0) is 14.6 Å². The molecule has 0 aliphatic carbocycles. The van der Waals surface area contributed by atoms with Crippen molar-refractivity contribution in [1.29, 1.82) is 0 Å². The minimum Gasteiger partial charge on any atom is -0.337 e. The van der Waals surface area contributed by atoms with E-state index < -0.39 is 12.6 Å². The Kier molecular flexibility index (Phi) is 3.74. The van der Waals surface area contributed by atoms with Gasteiger partial charge in [-0.25, -0.2) is 4.79 Å². The quantitative estimate of drug-likeness (QED) is 0.558. The highest BCUT2D eigenvalue weighted by Gasteiger charge is 2.02. The first-order valence-corrected chi connectivity index (χ1v) is 3.51. The van der Waals surface area contributed by atoms with Gasteiger partial charge in [0.25, 0.3) is 0 Å². The summed E-state index contributed by atoms with van der Waals surface area (Å²) in [4.78, 5) is 22.8.